The molecule has 0 saturated carbocycles. The standard InChI is InChI=1S/C25H23Cl3N2O2/c1-17(31)30(16-19-7-10-21(26)11-8-19)24(13-18-5-3-2-4-6-18)25(32)29-15-20-9-12-22(27)14-23(20)28/h2-12,14,24H,13,15-16H2,1H3,(H,29,32)/t24-/m0/s1. The van der Waals surface area contributed by atoms with Gasteiger partial charge in [-0.25, -0.2) is 0 Å². The van der Waals surface area contributed by atoms with Crippen LogP contribution in [0.25, 0.3) is 0 Å². The molecule has 1 N–H and O–H groups in total. The van der Waals surface area contributed by atoms with Crippen LogP contribution >= 0.6 is 34.8 Å². The zero-order chi connectivity index (χ0) is 23.1. The predicted molar refractivity (Wildman–Crippen MR) is 130 cm³/mol. The Morgan fingerprint density at radius 1 is 0.875 bits per heavy atom. The van der Waals surface area contributed by atoms with E-state index in [2.05, 4.69) is 5.32 Å². The van der Waals surface area contributed by atoms with Gasteiger partial charge in [0.25, 0.3) is 0 Å². The van der Waals surface area contributed by atoms with Gasteiger partial charge in [-0.05, 0) is 41.0 Å². The molecule has 0 bridgehead atoms. The van der Waals surface area contributed by atoms with Gasteiger partial charge in [-0.15, -0.1) is 0 Å². The minimum atomic E-state index is -0.698. The molecule has 0 aliphatic carbocycles. The van der Waals surface area contributed by atoms with Crippen LogP contribution in [0, 0.1) is 0 Å². The van der Waals surface area contributed by atoms with Gasteiger partial charge in [-0.2, -0.15) is 0 Å². The van der Waals surface area contributed by atoms with Gasteiger partial charge < -0.3 is 10.2 Å². The highest BCUT2D eigenvalue weighted by molar-refractivity contribution is 6.35. The van der Waals surface area contributed by atoms with E-state index in [0.29, 0.717) is 28.0 Å². The molecule has 3 aromatic carbocycles. The number of hydrogen-bond donors (Lipinski definition) is 1. The molecular formula is C25H23Cl3N2O2. The minimum absolute atomic E-state index is 0.194. The number of halogens is 3. The van der Waals surface area contributed by atoms with Crippen LogP contribution in [-0.4, -0.2) is 22.8 Å². The fourth-order valence-corrected chi connectivity index (χ4v) is 3.98. The van der Waals surface area contributed by atoms with E-state index in [4.69, 9.17) is 34.8 Å². The van der Waals surface area contributed by atoms with Crippen molar-refractivity contribution in [3.8, 4) is 0 Å². The van der Waals surface area contributed by atoms with Gasteiger partial charge in [0.2, 0.25) is 11.8 Å². The molecule has 3 aromatic rings. The van der Waals surface area contributed by atoms with Crippen molar-refractivity contribution in [2.75, 3.05) is 0 Å². The van der Waals surface area contributed by atoms with Crippen LogP contribution in [0.15, 0.2) is 72.8 Å². The number of carbonyl (C=O) groups excluding carboxylic acids is 2. The summed E-state index contributed by atoms with van der Waals surface area (Å²) in [4.78, 5) is 27.5. The Kier molecular flexibility index (Phi) is 8.57. The number of amides is 2. The van der Waals surface area contributed by atoms with E-state index >= 15 is 0 Å². The summed E-state index contributed by atoms with van der Waals surface area (Å²) in [6, 6.07) is 21.3. The van der Waals surface area contributed by atoms with Crippen LogP contribution in [0.5, 0.6) is 0 Å². The lowest BCUT2D eigenvalue weighted by Crippen LogP contribution is -2.49. The highest BCUT2D eigenvalue weighted by Crippen LogP contribution is 2.21. The molecule has 0 saturated heterocycles. The fourth-order valence-electron chi connectivity index (χ4n) is 3.37. The summed E-state index contributed by atoms with van der Waals surface area (Å²) in [6.45, 7) is 1.99. The monoisotopic (exact) mass is 488 g/mol. The molecule has 0 aliphatic rings. The molecule has 0 unspecified atom stereocenters. The lowest BCUT2D eigenvalue weighted by Gasteiger charge is -2.30. The van der Waals surface area contributed by atoms with Gasteiger partial charge in [0, 0.05) is 41.5 Å². The van der Waals surface area contributed by atoms with Crippen molar-refractivity contribution in [3.05, 3.63) is 105 Å². The molecule has 1 atom stereocenters. The Morgan fingerprint density at radius 3 is 2.16 bits per heavy atom. The number of benzene rings is 3. The first kappa shape index (κ1) is 24.1. The molecule has 7 heteroatoms. The molecule has 0 spiro atoms. The van der Waals surface area contributed by atoms with Crippen LogP contribution in [-0.2, 0) is 29.1 Å². The molecule has 166 valence electrons. The third-order valence-electron chi connectivity index (χ3n) is 5.09. The van der Waals surface area contributed by atoms with Gasteiger partial charge in [0.15, 0.2) is 0 Å². The van der Waals surface area contributed by atoms with Gasteiger partial charge in [-0.1, -0.05) is 83.3 Å². The molecule has 32 heavy (non-hydrogen) atoms. The fraction of sp³-hybridized carbons (Fsp3) is 0.200. The minimum Gasteiger partial charge on any atom is -0.350 e. The largest absolute Gasteiger partial charge is 0.350 e. The molecule has 2 amide bonds. The van der Waals surface area contributed by atoms with E-state index in [9.17, 15) is 9.59 Å². The molecule has 0 aliphatic heterocycles. The lowest BCUT2D eigenvalue weighted by atomic mass is 10.0. The summed E-state index contributed by atoms with van der Waals surface area (Å²) in [6.07, 6.45) is 0.383. The van der Waals surface area contributed by atoms with Gasteiger partial charge in [0.05, 0.1) is 0 Å². The van der Waals surface area contributed by atoms with E-state index in [1.807, 2.05) is 42.5 Å². The highest BCUT2D eigenvalue weighted by Gasteiger charge is 2.28. The number of hydrogen-bond acceptors (Lipinski definition) is 2. The number of nitrogens with one attached hydrogen (secondary N) is 1. The Morgan fingerprint density at radius 2 is 1.53 bits per heavy atom. The first-order valence-electron chi connectivity index (χ1n) is 10.1. The van der Waals surface area contributed by atoms with Crippen molar-refractivity contribution in [3.63, 3.8) is 0 Å². The van der Waals surface area contributed by atoms with Gasteiger partial charge >= 0.3 is 0 Å². The second kappa shape index (κ2) is 11.4. The molecular weight excluding hydrogens is 467 g/mol. The summed E-state index contributed by atoms with van der Waals surface area (Å²) in [7, 11) is 0. The molecule has 0 aromatic heterocycles. The zero-order valence-electron chi connectivity index (χ0n) is 17.5. The first-order valence-corrected chi connectivity index (χ1v) is 11.2. The molecule has 3 rings (SSSR count). The van der Waals surface area contributed by atoms with Crippen LogP contribution in [0.2, 0.25) is 15.1 Å². The molecule has 0 heterocycles. The van der Waals surface area contributed by atoms with Crippen LogP contribution in [0.4, 0.5) is 0 Å². The van der Waals surface area contributed by atoms with E-state index in [-0.39, 0.29) is 18.4 Å². The first-order chi connectivity index (χ1) is 15.3. The van der Waals surface area contributed by atoms with Gasteiger partial charge in [0.1, 0.15) is 6.04 Å². The van der Waals surface area contributed by atoms with Crippen molar-refractivity contribution >= 4 is 46.6 Å². The van der Waals surface area contributed by atoms with E-state index in [1.165, 1.54) is 6.92 Å². The van der Waals surface area contributed by atoms with Crippen LogP contribution < -0.4 is 5.32 Å². The molecule has 0 fully saturated rings. The second-order valence-corrected chi connectivity index (χ2v) is 8.71. The zero-order valence-corrected chi connectivity index (χ0v) is 19.8. The summed E-state index contributed by atoms with van der Waals surface area (Å²) < 4.78 is 0. The highest BCUT2D eigenvalue weighted by atomic mass is 35.5. The quantitative estimate of drug-likeness (QED) is 0.427. The SMILES string of the molecule is CC(=O)N(Cc1ccc(Cl)cc1)[C@@H](Cc1ccccc1)C(=O)NCc1ccc(Cl)cc1Cl. The Balaban J connectivity index is 1.83. The average Bonchev–Trinajstić information content (AvgIpc) is 2.77. The van der Waals surface area contributed by atoms with Crippen molar-refractivity contribution in [2.24, 2.45) is 0 Å². The summed E-state index contributed by atoms with van der Waals surface area (Å²) >= 11 is 18.2. The smallest absolute Gasteiger partial charge is 0.243 e. The maximum absolute atomic E-state index is 13.3. The Bertz CT molecular complexity index is 1070. The van der Waals surface area contributed by atoms with Crippen molar-refractivity contribution in [1.29, 1.82) is 0 Å². The number of nitrogens with zero attached hydrogens (tertiary/aromatic N) is 1. The van der Waals surface area contributed by atoms with Crippen molar-refractivity contribution in [1.82, 2.24) is 10.2 Å². The van der Waals surface area contributed by atoms with Crippen molar-refractivity contribution in [2.45, 2.75) is 32.5 Å². The van der Waals surface area contributed by atoms with E-state index < -0.39 is 6.04 Å². The summed E-state index contributed by atoms with van der Waals surface area (Å²) in [5, 5.41) is 4.54. The third kappa shape index (κ3) is 6.73. The molecule has 4 nitrogen and oxygen atoms in total. The van der Waals surface area contributed by atoms with Gasteiger partial charge in [-0.3, -0.25) is 9.59 Å². The number of rotatable bonds is 8. The predicted octanol–water partition coefficient (Wildman–Crippen LogP) is 5.92. The Labute approximate surface area is 203 Å². The maximum atomic E-state index is 13.3. The normalized spacial score (nSPS) is 11.6. The summed E-state index contributed by atoms with van der Waals surface area (Å²) in [5.74, 6) is -0.454. The summed E-state index contributed by atoms with van der Waals surface area (Å²) in [5.41, 5.74) is 2.59. The Hall–Kier alpha value is -2.53. The van der Waals surface area contributed by atoms with Crippen LogP contribution in [0.1, 0.15) is 23.6 Å². The van der Waals surface area contributed by atoms with Crippen LogP contribution in [0.3, 0.4) is 0 Å². The average molecular weight is 490 g/mol. The van der Waals surface area contributed by atoms with E-state index in [1.54, 1.807) is 35.2 Å². The maximum Gasteiger partial charge on any atom is 0.243 e. The van der Waals surface area contributed by atoms with E-state index in [0.717, 1.165) is 16.7 Å². The second-order valence-electron chi connectivity index (χ2n) is 7.43. The van der Waals surface area contributed by atoms with Crippen molar-refractivity contribution < 1.29 is 9.59 Å². The molecule has 0 radical (unpaired) electrons. The topological polar surface area (TPSA) is 49.4 Å². The lowest BCUT2D eigenvalue weighted by molar-refractivity contribution is -0.139. The third-order valence-corrected chi connectivity index (χ3v) is 5.93. The number of carbonyl (C=O) groups is 2.